The van der Waals surface area contributed by atoms with Gasteiger partial charge < -0.3 is 0 Å². The molecule has 120 valence electrons. The Labute approximate surface area is 125 Å². The molecule has 0 saturated heterocycles. The molecule has 2 aromatic carbocycles. The minimum atomic E-state index is -5.21. The SMILES string of the molecule is O=S(=O)(O)c1cc(S(=O)(=O)O)c2ccccc2c1S(=O)(=O)O. The minimum Gasteiger partial charge on any atom is -0.282 e. The molecule has 3 N–H and O–H groups in total. The first kappa shape index (κ1) is 16.8. The van der Waals surface area contributed by atoms with Crippen molar-refractivity contribution in [2.45, 2.75) is 14.7 Å². The Morgan fingerprint density at radius 2 is 1.09 bits per heavy atom. The van der Waals surface area contributed by atoms with Gasteiger partial charge in [-0.25, -0.2) is 0 Å². The van der Waals surface area contributed by atoms with Crippen LogP contribution in [0.3, 0.4) is 0 Å². The molecule has 0 bridgehead atoms. The molecule has 0 unspecified atom stereocenters. The molecule has 2 aromatic rings. The van der Waals surface area contributed by atoms with Crippen molar-refractivity contribution in [3.63, 3.8) is 0 Å². The van der Waals surface area contributed by atoms with E-state index in [0.717, 1.165) is 12.1 Å². The fourth-order valence-corrected chi connectivity index (χ4v) is 4.77. The van der Waals surface area contributed by atoms with E-state index in [-0.39, 0.29) is 11.5 Å². The zero-order valence-electron chi connectivity index (χ0n) is 10.4. The Morgan fingerprint density at radius 3 is 1.50 bits per heavy atom. The maximum absolute atomic E-state index is 11.4. The van der Waals surface area contributed by atoms with Crippen LogP contribution in [0.25, 0.3) is 10.8 Å². The average Bonchev–Trinajstić information content (AvgIpc) is 2.33. The molecule has 0 heterocycles. The van der Waals surface area contributed by atoms with Gasteiger partial charge in [0.1, 0.15) is 14.7 Å². The quantitative estimate of drug-likeness (QED) is 0.657. The lowest BCUT2D eigenvalue weighted by Crippen LogP contribution is -2.12. The van der Waals surface area contributed by atoms with Gasteiger partial charge in [0.2, 0.25) is 0 Å². The first-order valence-corrected chi connectivity index (χ1v) is 9.63. The van der Waals surface area contributed by atoms with Gasteiger partial charge >= 0.3 is 0 Å². The maximum Gasteiger partial charge on any atom is 0.296 e. The van der Waals surface area contributed by atoms with Gasteiger partial charge in [0.25, 0.3) is 30.4 Å². The second kappa shape index (κ2) is 4.97. The van der Waals surface area contributed by atoms with Crippen LogP contribution in [-0.2, 0) is 30.4 Å². The van der Waals surface area contributed by atoms with E-state index in [1.54, 1.807) is 0 Å². The van der Waals surface area contributed by atoms with Crippen molar-refractivity contribution in [3.05, 3.63) is 30.3 Å². The monoisotopic (exact) mass is 368 g/mol. The van der Waals surface area contributed by atoms with Gasteiger partial charge in [-0.05, 0) is 6.07 Å². The molecule has 0 aliphatic rings. The molecule has 12 heteroatoms. The lowest BCUT2D eigenvalue weighted by molar-refractivity contribution is 0.466. The smallest absolute Gasteiger partial charge is 0.282 e. The summed E-state index contributed by atoms with van der Waals surface area (Å²) in [6, 6.07) is 4.93. The van der Waals surface area contributed by atoms with Crippen LogP contribution in [0.4, 0.5) is 0 Å². The molecule has 2 rings (SSSR count). The van der Waals surface area contributed by atoms with Gasteiger partial charge in [0, 0.05) is 10.8 Å². The van der Waals surface area contributed by atoms with E-state index in [0.29, 0.717) is 0 Å². The summed E-state index contributed by atoms with van der Waals surface area (Å²) in [5, 5.41) is -0.835. The van der Waals surface area contributed by atoms with Crippen LogP contribution in [0.5, 0.6) is 0 Å². The van der Waals surface area contributed by atoms with Crippen molar-refractivity contribution in [2.24, 2.45) is 0 Å². The van der Waals surface area contributed by atoms with Crippen LogP contribution in [0.2, 0.25) is 0 Å². The highest BCUT2D eigenvalue weighted by molar-refractivity contribution is 7.89. The first-order chi connectivity index (χ1) is 9.83. The van der Waals surface area contributed by atoms with E-state index < -0.39 is 50.4 Å². The lowest BCUT2D eigenvalue weighted by atomic mass is 10.1. The highest BCUT2D eigenvalue weighted by atomic mass is 32.2. The van der Waals surface area contributed by atoms with E-state index in [4.69, 9.17) is 9.11 Å². The number of benzene rings is 2. The van der Waals surface area contributed by atoms with Crippen LogP contribution in [0.15, 0.2) is 45.0 Å². The van der Waals surface area contributed by atoms with Crippen LogP contribution >= 0.6 is 0 Å². The molecule has 22 heavy (non-hydrogen) atoms. The van der Waals surface area contributed by atoms with Crippen LogP contribution in [0.1, 0.15) is 0 Å². The van der Waals surface area contributed by atoms with E-state index in [9.17, 15) is 29.8 Å². The molecule has 0 fully saturated rings. The summed E-state index contributed by atoms with van der Waals surface area (Å²) >= 11 is 0. The molecule has 0 amide bonds. The molecule has 0 saturated carbocycles. The zero-order valence-corrected chi connectivity index (χ0v) is 12.9. The summed E-state index contributed by atoms with van der Waals surface area (Å²) in [6.07, 6.45) is 0. The predicted molar refractivity (Wildman–Crippen MR) is 73.4 cm³/mol. The van der Waals surface area contributed by atoms with Crippen molar-refractivity contribution in [1.29, 1.82) is 0 Å². The fraction of sp³-hybridized carbons (Fsp3) is 0. The first-order valence-electron chi connectivity index (χ1n) is 5.31. The van der Waals surface area contributed by atoms with Gasteiger partial charge in [0.15, 0.2) is 0 Å². The van der Waals surface area contributed by atoms with Crippen molar-refractivity contribution in [1.82, 2.24) is 0 Å². The van der Waals surface area contributed by atoms with Crippen LogP contribution in [0, 0.1) is 0 Å². The van der Waals surface area contributed by atoms with E-state index in [2.05, 4.69) is 0 Å². The van der Waals surface area contributed by atoms with E-state index in [1.165, 1.54) is 12.1 Å². The summed E-state index contributed by atoms with van der Waals surface area (Å²) in [5.74, 6) is 0. The molecule has 0 atom stereocenters. The van der Waals surface area contributed by atoms with E-state index >= 15 is 0 Å². The Morgan fingerprint density at radius 1 is 0.636 bits per heavy atom. The molecule has 0 aliphatic heterocycles. The Balaban J connectivity index is 3.28. The van der Waals surface area contributed by atoms with Crippen LogP contribution < -0.4 is 0 Å². The average molecular weight is 368 g/mol. The molecule has 0 aliphatic carbocycles. The third-order valence-corrected chi connectivity index (χ3v) is 5.59. The fourth-order valence-electron chi connectivity index (χ4n) is 1.96. The summed E-state index contributed by atoms with van der Waals surface area (Å²) in [4.78, 5) is -3.47. The molecule has 0 spiro atoms. The Kier molecular flexibility index (Phi) is 3.80. The second-order valence-electron chi connectivity index (χ2n) is 4.17. The van der Waals surface area contributed by atoms with Crippen LogP contribution in [-0.4, -0.2) is 38.9 Å². The van der Waals surface area contributed by atoms with Gasteiger partial charge in [-0.3, -0.25) is 13.7 Å². The maximum atomic E-state index is 11.4. The van der Waals surface area contributed by atoms with Crippen molar-refractivity contribution in [2.75, 3.05) is 0 Å². The second-order valence-corrected chi connectivity index (χ2v) is 8.31. The largest absolute Gasteiger partial charge is 0.296 e. The van der Waals surface area contributed by atoms with Gasteiger partial charge in [-0.15, -0.1) is 0 Å². The third kappa shape index (κ3) is 2.97. The zero-order chi connectivity index (χ0) is 16.9. The molecule has 9 nitrogen and oxygen atoms in total. The number of rotatable bonds is 3. The lowest BCUT2D eigenvalue weighted by Gasteiger charge is -2.11. The number of hydrogen-bond donors (Lipinski definition) is 3. The summed E-state index contributed by atoms with van der Waals surface area (Å²) in [5.41, 5.74) is 0. The van der Waals surface area contributed by atoms with Gasteiger partial charge in [0.05, 0.1) is 0 Å². The minimum absolute atomic E-state index is 0.260. The molecular weight excluding hydrogens is 360 g/mol. The van der Waals surface area contributed by atoms with Crippen molar-refractivity contribution >= 4 is 41.1 Å². The topological polar surface area (TPSA) is 163 Å². The van der Waals surface area contributed by atoms with Crippen molar-refractivity contribution < 1.29 is 38.9 Å². The van der Waals surface area contributed by atoms with Gasteiger partial charge in [-0.1, -0.05) is 24.3 Å². The summed E-state index contributed by atoms with van der Waals surface area (Å²) < 4.78 is 95.7. The van der Waals surface area contributed by atoms with E-state index in [1.807, 2.05) is 0 Å². The normalized spacial score (nSPS) is 13.4. The number of hydrogen-bond acceptors (Lipinski definition) is 6. The van der Waals surface area contributed by atoms with Crippen molar-refractivity contribution in [3.8, 4) is 0 Å². The Bertz CT molecular complexity index is 1080. The molecular formula is C10H8O9S3. The highest BCUT2D eigenvalue weighted by Gasteiger charge is 2.30. The molecule has 0 aromatic heterocycles. The molecule has 0 radical (unpaired) electrons. The van der Waals surface area contributed by atoms with Gasteiger partial charge in [-0.2, -0.15) is 25.3 Å². The predicted octanol–water partition coefficient (Wildman–Crippen LogP) is 0.580. The summed E-state index contributed by atoms with van der Waals surface area (Å²) in [7, 11) is -15.3. The number of fused-ring (bicyclic) bond motifs is 1. The Hall–Kier alpha value is -1.57. The highest BCUT2D eigenvalue weighted by Crippen LogP contribution is 2.34. The summed E-state index contributed by atoms with van der Waals surface area (Å²) in [6.45, 7) is 0. The standard InChI is InChI=1S/C10H8O9S3/c11-20(12,13)8-5-9(21(14,15)16)10(22(17,18)19)7-4-2-1-3-6(7)8/h1-5H,(H,11,12,13)(H,14,15,16)(H,17,18,19). The third-order valence-electron chi connectivity index (χ3n) is 2.74.